The summed E-state index contributed by atoms with van der Waals surface area (Å²) in [5.74, 6) is 1.63. The maximum absolute atomic E-state index is 12.3. The van der Waals surface area contributed by atoms with Gasteiger partial charge in [0, 0.05) is 11.6 Å². The fraction of sp³-hybridized carbons (Fsp3) is 0.182. The van der Waals surface area contributed by atoms with E-state index >= 15 is 0 Å². The van der Waals surface area contributed by atoms with Crippen molar-refractivity contribution in [1.29, 1.82) is 0 Å². The van der Waals surface area contributed by atoms with Crippen LogP contribution in [0.15, 0.2) is 68.8 Å². The maximum Gasteiger partial charge on any atom is 0.277 e. The summed E-state index contributed by atoms with van der Waals surface area (Å²) in [7, 11) is 0. The van der Waals surface area contributed by atoms with Crippen molar-refractivity contribution in [2.45, 2.75) is 18.3 Å². The molecule has 1 aliphatic heterocycles. The number of rotatable bonds is 6. The molecule has 0 saturated carbocycles. The number of nitrogens with zero attached hydrogens (tertiary/aromatic N) is 3. The quantitative estimate of drug-likeness (QED) is 0.430. The molecule has 1 amide bonds. The molecule has 0 radical (unpaired) electrons. The second-order valence-corrected chi connectivity index (χ2v) is 7.98. The van der Waals surface area contributed by atoms with E-state index in [4.69, 9.17) is 18.4 Å². The van der Waals surface area contributed by atoms with Crippen LogP contribution in [0.4, 0.5) is 5.88 Å². The number of hydrogen-bond acceptors (Lipinski definition) is 9. The third-order valence-electron chi connectivity index (χ3n) is 4.65. The van der Waals surface area contributed by atoms with Crippen LogP contribution in [0, 0.1) is 6.92 Å². The molecule has 4 aromatic rings. The molecule has 0 unspecified atom stereocenters. The SMILES string of the molecule is Cc1ccc(-c2cc(NC(=O)CSc3nnc([C@@H]4COc5ccccc5O4)o3)on2)cc1. The van der Waals surface area contributed by atoms with Crippen molar-refractivity contribution >= 4 is 23.6 Å². The highest BCUT2D eigenvalue weighted by Gasteiger charge is 2.27. The Morgan fingerprint density at radius 2 is 1.94 bits per heavy atom. The summed E-state index contributed by atoms with van der Waals surface area (Å²) in [6.45, 7) is 2.27. The average molecular weight is 450 g/mol. The minimum Gasteiger partial charge on any atom is -0.485 e. The van der Waals surface area contributed by atoms with Gasteiger partial charge in [-0.15, -0.1) is 10.2 Å². The van der Waals surface area contributed by atoms with Gasteiger partial charge in [-0.1, -0.05) is 58.9 Å². The highest BCUT2D eigenvalue weighted by molar-refractivity contribution is 7.99. The second-order valence-electron chi connectivity index (χ2n) is 7.05. The number of carbonyl (C=O) groups excluding carboxylic acids is 1. The van der Waals surface area contributed by atoms with Gasteiger partial charge >= 0.3 is 0 Å². The van der Waals surface area contributed by atoms with Crippen molar-refractivity contribution < 1.29 is 23.2 Å². The van der Waals surface area contributed by atoms with E-state index in [1.165, 1.54) is 0 Å². The molecule has 1 atom stereocenters. The van der Waals surface area contributed by atoms with Gasteiger partial charge in [0.15, 0.2) is 11.5 Å². The predicted molar refractivity (Wildman–Crippen MR) is 116 cm³/mol. The largest absolute Gasteiger partial charge is 0.485 e. The summed E-state index contributed by atoms with van der Waals surface area (Å²) < 4.78 is 22.4. The van der Waals surface area contributed by atoms with Crippen LogP contribution in [0.1, 0.15) is 17.6 Å². The fourth-order valence-corrected chi connectivity index (χ4v) is 3.61. The summed E-state index contributed by atoms with van der Waals surface area (Å²) in [6, 6.07) is 16.9. The Kier molecular flexibility index (Phi) is 5.51. The molecule has 0 saturated heterocycles. The Hall–Kier alpha value is -3.79. The van der Waals surface area contributed by atoms with E-state index in [2.05, 4.69) is 20.7 Å². The highest BCUT2D eigenvalue weighted by atomic mass is 32.2. The Bertz CT molecular complexity index is 1240. The number of benzene rings is 2. The topological polar surface area (TPSA) is 113 Å². The van der Waals surface area contributed by atoms with Crippen molar-refractivity contribution in [3.05, 3.63) is 66.1 Å². The number of ether oxygens (including phenoxy) is 2. The van der Waals surface area contributed by atoms with Gasteiger partial charge in [0.2, 0.25) is 17.9 Å². The highest BCUT2D eigenvalue weighted by Crippen LogP contribution is 2.36. The van der Waals surface area contributed by atoms with E-state index in [1.807, 2.05) is 55.5 Å². The van der Waals surface area contributed by atoms with Crippen LogP contribution in [0.25, 0.3) is 11.3 Å². The van der Waals surface area contributed by atoms with Gasteiger partial charge in [-0.2, -0.15) is 0 Å². The minimum atomic E-state index is -0.505. The van der Waals surface area contributed by atoms with Crippen LogP contribution in [0.2, 0.25) is 0 Å². The van der Waals surface area contributed by atoms with Crippen molar-refractivity contribution in [2.75, 3.05) is 17.7 Å². The molecule has 5 rings (SSSR count). The lowest BCUT2D eigenvalue weighted by atomic mass is 10.1. The number of para-hydroxylation sites is 2. The lowest BCUT2D eigenvalue weighted by Gasteiger charge is -2.23. The number of hydrogen-bond donors (Lipinski definition) is 1. The lowest BCUT2D eigenvalue weighted by Crippen LogP contribution is -2.21. The second kappa shape index (κ2) is 8.75. The van der Waals surface area contributed by atoms with Gasteiger partial charge in [0.1, 0.15) is 12.3 Å². The van der Waals surface area contributed by atoms with Gasteiger partial charge in [-0.05, 0) is 19.1 Å². The first-order valence-electron chi connectivity index (χ1n) is 9.82. The van der Waals surface area contributed by atoms with Crippen LogP contribution >= 0.6 is 11.8 Å². The van der Waals surface area contributed by atoms with Gasteiger partial charge < -0.3 is 18.4 Å². The Morgan fingerprint density at radius 1 is 1.12 bits per heavy atom. The summed E-state index contributed by atoms with van der Waals surface area (Å²) in [5.41, 5.74) is 2.70. The molecule has 0 bridgehead atoms. The number of fused-ring (bicyclic) bond motifs is 1. The number of aromatic nitrogens is 3. The van der Waals surface area contributed by atoms with Crippen molar-refractivity contribution in [1.82, 2.24) is 15.4 Å². The normalized spacial score (nSPS) is 14.8. The van der Waals surface area contributed by atoms with E-state index < -0.39 is 6.10 Å². The summed E-state index contributed by atoms with van der Waals surface area (Å²) >= 11 is 1.11. The predicted octanol–water partition coefficient (Wildman–Crippen LogP) is 4.28. The molecule has 1 N–H and O–H groups in total. The van der Waals surface area contributed by atoms with E-state index in [-0.39, 0.29) is 29.4 Å². The first-order chi connectivity index (χ1) is 15.6. The smallest absolute Gasteiger partial charge is 0.277 e. The Balaban J connectivity index is 1.15. The van der Waals surface area contributed by atoms with E-state index in [1.54, 1.807) is 6.07 Å². The number of amides is 1. The molecule has 2 aromatic carbocycles. The first kappa shape index (κ1) is 20.1. The molecule has 0 spiro atoms. The van der Waals surface area contributed by atoms with Crippen LogP contribution in [0.3, 0.4) is 0 Å². The van der Waals surface area contributed by atoms with Crippen LogP contribution in [-0.4, -0.2) is 33.6 Å². The minimum absolute atomic E-state index is 0.0626. The Morgan fingerprint density at radius 3 is 2.78 bits per heavy atom. The fourth-order valence-electron chi connectivity index (χ4n) is 3.05. The van der Waals surface area contributed by atoms with Crippen LogP contribution < -0.4 is 14.8 Å². The molecule has 0 fully saturated rings. The zero-order chi connectivity index (χ0) is 21.9. The number of aryl methyl sites for hydroxylation is 1. The molecular weight excluding hydrogens is 432 g/mol. The third kappa shape index (κ3) is 4.45. The molecule has 32 heavy (non-hydrogen) atoms. The molecule has 9 nitrogen and oxygen atoms in total. The molecule has 10 heteroatoms. The van der Waals surface area contributed by atoms with Gasteiger partial charge in [0.25, 0.3) is 11.1 Å². The van der Waals surface area contributed by atoms with Gasteiger partial charge in [0.05, 0.1) is 5.75 Å². The number of thioether (sulfide) groups is 1. The van der Waals surface area contributed by atoms with Crippen LogP contribution in [0.5, 0.6) is 11.5 Å². The number of nitrogens with one attached hydrogen (secondary N) is 1. The molecular formula is C22H18N4O5S. The van der Waals surface area contributed by atoms with Crippen molar-refractivity contribution in [3.63, 3.8) is 0 Å². The maximum atomic E-state index is 12.3. The summed E-state index contributed by atoms with van der Waals surface area (Å²) in [6.07, 6.45) is -0.505. The average Bonchev–Trinajstić information content (AvgIpc) is 3.48. The zero-order valence-corrected chi connectivity index (χ0v) is 17.8. The van der Waals surface area contributed by atoms with Crippen molar-refractivity contribution in [2.24, 2.45) is 0 Å². The third-order valence-corrected chi connectivity index (χ3v) is 5.47. The zero-order valence-electron chi connectivity index (χ0n) is 17.0. The Labute approximate surface area is 187 Å². The van der Waals surface area contributed by atoms with E-state index in [9.17, 15) is 4.79 Å². The molecule has 1 aliphatic rings. The lowest BCUT2D eigenvalue weighted by molar-refractivity contribution is -0.113. The van der Waals surface area contributed by atoms with Crippen molar-refractivity contribution in [3.8, 4) is 22.8 Å². The molecule has 2 aromatic heterocycles. The van der Waals surface area contributed by atoms with Gasteiger partial charge in [-0.25, -0.2) is 0 Å². The number of carbonyl (C=O) groups is 1. The molecule has 0 aliphatic carbocycles. The summed E-state index contributed by atoms with van der Waals surface area (Å²) in [5, 5.41) is 14.9. The molecule has 3 heterocycles. The molecule has 162 valence electrons. The van der Waals surface area contributed by atoms with E-state index in [0.717, 1.165) is 22.9 Å². The van der Waals surface area contributed by atoms with E-state index in [0.29, 0.717) is 23.1 Å². The standard InChI is InChI=1S/C22H18N4O5S/c1-13-6-8-14(9-7-13)15-10-20(31-26-15)23-19(27)12-32-22-25-24-21(30-22)18-11-28-16-4-2-3-5-17(16)29-18/h2-10,18H,11-12H2,1H3,(H,23,27)/t18-/m0/s1. The van der Waals surface area contributed by atoms with Crippen LogP contribution in [-0.2, 0) is 4.79 Å². The summed E-state index contributed by atoms with van der Waals surface area (Å²) in [4.78, 5) is 12.3. The number of anilines is 1. The monoisotopic (exact) mass is 450 g/mol. The first-order valence-corrected chi connectivity index (χ1v) is 10.8. The van der Waals surface area contributed by atoms with Gasteiger partial charge in [-0.3, -0.25) is 10.1 Å².